The lowest BCUT2D eigenvalue weighted by atomic mass is 10.1. The number of anilines is 1. The van der Waals surface area contributed by atoms with Gasteiger partial charge in [0.25, 0.3) is 0 Å². The van der Waals surface area contributed by atoms with Gasteiger partial charge in [0, 0.05) is 12.3 Å². The molecule has 0 aromatic heterocycles. The minimum Gasteiger partial charge on any atom is -0.497 e. The van der Waals surface area contributed by atoms with Gasteiger partial charge in [-0.2, -0.15) is 0 Å². The first kappa shape index (κ1) is 24.5. The third kappa shape index (κ3) is 5.54. The van der Waals surface area contributed by atoms with Gasteiger partial charge < -0.3 is 20.1 Å². The molecule has 8 heteroatoms. The number of urea groups is 1. The summed E-state index contributed by atoms with van der Waals surface area (Å²) in [6.07, 6.45) is 0. The maximum absolute atomic E-state index is 13.6. The molecule has 0 unspecified atom stereocenters. The molecule has 3 aromatic carbocycles. The minimum atomic E-state index is -0.627. The van der Waals surface area contributed by atoms with Crippen molar-refractivity contribution < 1.29 is 19.1 Å². The average Bonchev–Trinajstić information content (AvgIpc) is 3.33. The number of aryl methyl sites for hydroxylation is 1. The zero-order valence-corrected chi connectivity index (χ0v) is 20.8. The van der Waals surface area contributed by atoms with Crippen LogP contribution in [0.25, 0.3) is 0 Å². The molecule has 3 amide bonds. The van der Waals surface area contributed by atoms with Crippen LogP contribution in [0.2, 0.25) is 0 Å². The average molecular weight is 492 g/mol. The van der Waals surface area contributed by atoms with E-state index in [-0.39, 0.29) is 17.3 Å². The van der Waals surface area contributed by atoms with Crippen LogP contribution in [0.15, 0.2) is 72.8 Å². The van der Waals surface area contributed by atoms with Gasteiger partial charge >= 0.3 is 6.03 Å². The van der Waals surface area contributed by atoms with Gasteiger partial charge in [0.15, 0.2) is 0 Å². The molecule has 0 bridgehead atoms. The second-order valence-corrected chi connectivity index (χ2v) is 9.27. The highest BCUT2D eigenvalue weighted by atomic mass is 32.2. The molecule has 1 fully saturated rings. The van der Waals surface area contributed by atoms with Crippen LogP contribution >= 0.6 is 11.8 Å². The molecule has 0 aliphatic carbocycles. The van der Waals surface area contributed by atoms with Crippen LogP contribution < -0.4 is 20.1 Å². The van der Waals surface area contributed by atoms with Crippen molar-refractivity contribution in [2.75, 3.05) is 25.3 Å². The Kier molecular flexibility index (Phi) is 7.82. The molecule has 2 N–H and O–H groups in total. The molecular weight excluding hydrogens is 462 g/mol. The molecule has 0 radical (unpaired) electrons. The van der Waals surface area contributed by atoms with Crippen LogP contribution in [0.1, 0.15) is 22.1 Å². The summed E-state index contributed by atoms with van der Waals surface area (Å²) in [6.45, 7) is 2.38. The van der Waals surface area contributed by atoms with E-state index in [1.807, 2.05) is 67.6 Å². The second-order valence-electron chi connectivity index (χ2n) is 8.16. The Morgan fingerprint density at radius 3 is 2.40 bits per heavy atom. The first-order chi connectivity index (χ1) is 17.0. The van der Waals surface area contributed by atoms with Gasteiger partial charge in [-0.1, -0.05) is 48.5 Å². The molecule has 1 aliphatic rings. The molecule has 1 saturated heterocycles. The summed E-state index contributed by atoms with van der Waals surface area (Å²) < 4.78 is 10.6. The largest absolute Gasteiger partial charge is 0.497 e. The summed E-state index contributed by atoms with van der Waals surface area (Å²) in [5.74, 6) is 1.61. The first-order valence-corrected chi connectivity index (χ1v) is 12.4. The number of rotatable bonds is 7. The summed E-state index contributed by atoms with van der Waals surface area (Å²) in [5, 5.41) is 5.66. The number of amides is 3. The molecule has 7 nitrogen and oxygen atoms in total. The fraction of sp³-hybridized carbons (Fsp3) is 0.259. The zero-order chi connectivity index (χ0) is 24.8. The number of nitrogens with one attached hydrogen (secondary N) is 2. The molecule has 182 valence electrons. The molecule has 1 heterocycles. The molecule has 0 spiro atoms. The van der Waals surface area contributed by atoms with E-state index in [4.69, 9.17) is 9.47 Å². The number of carbonyl (C=O) groups excluding carboxylic acids is 2. The number of hydrogen-bond acceptors (Lipinski definition) is 5. The predicted molar refractivity (Wildman–Crippen MR) is 139 cm³/mol. The molecule has 35 heavy (non-hydrogen) atoms. The molecule has 3 aromatic rings. The Morgan fingerprint density at radius 2 is 1.69 bits per heavy atom. The van der Waals surface area contributed by atoms with E-state index in [9.17, 15) is 9.59 Å². The van der Waals surface area contributed by atoms with E-state index in [0.717, 1.165) is 22.4 Å². The van der Waals surface area contributed by atoms with Crippen molar-refractivity contribution in [1.82, 2.24) is 10.2 Å². The summed E-state index contributed by atoms with van der Waals surface area (Å²) in [6, 6.07) is 21.7. The van der Waals surface area contributed by atoms with Gasteiger partial charge in [0.05, 0.1) is 19.9 Å². The van der Waals surface area contributed by atoms with Crippen molar-refractivity contribution in [1.29, 1.82) is 0 Å². The fourth-order valence-electron chi connectivity index (χ4n) is 4.04. The Labute approximate surface area is 209 Å². The maximum Gasteiger partial charge on any atom is 0.323 e. The number of para-hydroxylation sites is 2. The molecule has 2 atom stereocenters. The Bertz CT molecular complexity index is 1190. The van der Waals surface area contributed by atoms with Gasteiger partial charge in [0.1, 0.15) is 22.9 Å². The van der Waals surface area contributed by atoms with E-state index < -0.39 is 6.04 Å². The normalized spacial score (nSPS) is 17.1. The van der Waals surface area contributed by atoms with E-state index in [2.05, 4.69) is 10.6 Å². The molecule has 0 saturated carbocycles. The van der Waals surface area contributed by atoms with Crippen molar-refractivity contribution >= 4 is 29.4 Å². The summed E-state index contributed by atoms with van der Waals surface area (Å²) in [4.78, 5) is 28.5. The maximum atomic E-state index is 13.6. The summed E-state index contributed by atoms with van der Waals surface area (Å²) >= 11 is 1.59. The molecule has 1 aliphatic heterocycles. The number of ether oxygens (including phenoxy) is 2. The van der Waals surface area contributed by atoms with Crippen molar-refractivity contribution in [3.63, 3.8) is 0 Å². The standard InChI is InChI=1S/C27H29N3O4S/c1-18-8-4-5-9-21(18)26-30(27(32)29-22-10-6-7-11-24(22)34-3)23(17-35-26)25(31)28-16-19-12-14-20(33-2)15-13-19/h4-15,23,26H,16-17H2,1-3H3,(H,28,31)(H,29,32)/t23-,26-/m0/s1. The first-order valence-electron chi connectivity index (χ1n) is 11.3. The lowest BCUT2D eigenvalue weighted by Crippen LogP contribution is -2.49. The van der Waals surface area contributed by atoms with E-state index >= 15 is 0 Å². The lowest BCUT2D eigenvalue weighted by Gasteiger charge is -2.30. The van der Waals surface area contributed by atoms with Gasteiger partial charge in [-0.3, -0.25) is 9.69 Å². The summed E-state index contributed by atoms with van der Waals surface area (Å²) in [7, 11) is 3.17. The van der Waals surface area contributed by atoms with Crippen LogP contribution in [0.3, 0.4) is 0 Å². The van der Waals surface area contributed by atoms with Gasteiger partial charge in [0.2, 0.25) is 5.91 Å². The minimum absolute atomic E-state index is 0.195. The third-order valence-corrected chi connectivity index (χ3v) is 7.27. The molecule has 4 rings (SSSR count). The van der Waals surface area contributed by atoms with E-state index in [0.29, 0.717) is 23.7 Å². The third-order valence-electron chi connectivity index (χ3n) is 5.97. The number of hydrogen-bond donors (Lipinski definition) is 2. The fourth-order valence-corrected chi connectivity index (χ4v) is 5.56. The van der Waals surface area contributed by atoms with Crippen LogP contribution in [0.5, 0.6) is 11.5 Å². The highest BCUT2D eigenvalue weighted by molar-refractivity contribution is 7.99. The van der Waals surface area contributed by atoms with Crippen molar-refractivity contribution in [3.05, 3.63) is 89.5 Å². The van der Waals surface area contributed by atoms with E-state index in [1.54, 1.807) is 43.0 Å². The van der Waals surface area contributed by atoms with Crippen LogP contribution in [-0.4, -0.2) is 42.9 Å². The highest BCUT2D eigenvalue weighted by Crippen LogP contribution is 2.43. The predicted octanol–water partition coefficient (Wildman–Crippen LogP) is 4.98. The van der Waals surface area contributed by atoms with Crippen LogP contribution in [-0.2, 0) is 11.3 Å². The zero-order valence-electron chi connectivity index (χ0n) is 20.0. The van der Waals surface area contributed by atoms with Crippen molar-refractivity contribution in [3.8, 4) is 11.5 Å². The van der Waals surface area contributed by atoms with Crippen LogP contribution in [0, 0.1) is 6.92 Å². The highest BCUT2D eigenvalue weighted by Gasteiger charge is 2.43. The number of nitrogens with zero attached hydrogens (tertiary/aromatic N) is 1. The Balaban J connectivity index is 1.56. The van der Waals surface area contributed by atoms with Gasteiger partial charge in [-0.25, -0.2) is 4.79 Å². The van der Waals surface area contributed by atoms with Crippen molar-refractivity contribution in [2.45, 2.75) is 24.9 Å². The summed E-state index contributed by atoms with van der Waals surface area (Å²) in [5.41, 5.74) is 3.58. The van der Waals surface area contributed by atoms with Gasteiger partial charge in [-0.15, -0.1) is 11.8 Å². The Hall–Kier alpha value is -3.65. The Morgan fingerprint density at radius 1 is 0.971 bits per heavy atom. The monoisotopic (exact) mass is 491 g/mol. The SMILES string of the molecule is COc1ccc(CNC(=O)[C@@H]2CS[C@@H](c3ccccc3C)N2C(=O)Nc2ccccc2OC)cc1. The topological polar surface area (TPSA) is 79.9 Å². The van der Waals surface area contributed by atoms with Gasteiger partial charge in [-0.05, 0) is 47.9 Å². The number of carbonyl (C=O) groups is 2. The van der Waals surface area contributed by atoms with Crippen molar-refractivity contribution in [2.24, 2.45) is 0 Å². The lowest BCUT2D eigenvalue weighted by molar-refractivity contribution is -0.124. The van der Waals surface area contributed by atoms with E-state index in [1.165, 1.54) is 0 Å². The number of methoxy groups -OCH3 is 2. The quantitative estimate of drug-likeness (QED) is 0.488. The smallest absolute Gasteiger partial charge is 0.323 e. The molecular formula is C27H29N3O4S. The second kappa shape index (κ2) is 11.2. The number of thioether (sulfide) groups is 1. The van der Waals surface area contributed by atoms with Crippen LogP contribution in [0.4, 0.5) is 10.5 Å². The number of benzene rings is 3.